The van der Waals surface area contributed by atoms with E-state index in [1.165, 1.54) is 44.2 Å². The monoisotopic (exact) mass is 153 g/mol. The topological polar surface area (TPSA) is 21.6 Å². The molecule has 0 radical (unpaired) electrons. The zero-order valence-electron chi connectivity index (χ0n) is 6.88. The van der Waals surface area contributed by atoms with E-state index in [4.69, 9.17) is 4.84 Å². The first-order chi connectivity index (χ1) is 5.45. The lowest BCUT2D eigenvalue weighted by molar-refractivity contribution is 0.133. The van der Waals surface area contributed by atoms with Crippen LogP contribution in [-0.4, -0.2) is 12.3 Å². The Morgan fingerprint density at radius 1 is 1.27 bits per heavy atom. The van der Waals surface area contributed by atoms with Crippen LogP contribution in [0.3, 0.4) is 0 Å². The van der Waals surface area contributed by atoms with Crippen molar-refractivity contribution < 1.29 is 4.84 Å². The molecule has 2 nitrogen and oxygen atoms in total. The summed E-state index contributed by atoms with van der Waals surface area (Å²) in [6.45, 7) is 0.865. The van der Waals surface area contributed by atoms with Gasteiger partial charge in [-0.15, -0.1) is 0 Å². The maximum Gasteiger partial charge on any atom is 0.120 e. The summed E-state index contributed by atoms with van der Waals surface area (Å²) in [6, 6.07) is 0. The molecule has 2 fully saturated rings. The van der Waals surface area contributed by atoms with Crippen LogP contribution in [0.15, 0.2) is 5.16 Å². The van der Waals surface area contributed by atoms with Crippen molar-refractivity contribution in [2.24, 2.45) is 11.1 Å². The van der Waals surface area contributed by atoms with E-state index >= 15 is 0 Å². The molecule has 2 aliphatic rings. The molecule has 62 valence electrons. The normalized spacial score (nSPS) is 23.8. The zero-order chi connectivity index (χ0) is 7.52. The molecule has 0 heterocycles. The van der Waals surface area contributed by atoms with Crippen LogP contribution in [0.25, 0.3) is 0 Å². The molecule has 0 aliphatic heterocycles. The summed E-state index contributed by atoms with van der Waals surface area (Å²) >= 11 is 0. The van der Waals surface area contributed by atoms with Crippen molar-refractivity contribution in [3.63, 3.8) is 0 Å². The van der Waals surface area contributed by atoms with Gasteiger partial charge in [-0.1, -0.05) is 5.16 Å². The van der Waals surface area contributed by atoms with Gasteiger partial charge in [0.05, 0.1) is 5.71 Å². The zero-order valence-corrected chi connectivity index (χ0v) is 6.88. The molecule has 0 bridgehead atoms. The van der Waals surface area contributed by atoms with Crippen molar-refractivity contribution in [3.8, 4) is 0 Å². The molecule has 0 saturated heterocycles. The van der Waals surface area contributed by atoms with E-state index in [0.29, 0.717) is 0 Å². The van der Waals surface area contributed by atoms with Crippen LogP contribution < -0.4 is 0 Å². The van der Waals surface area contributed by atoms with Gasteiger partial charge >= 0.3 is 0 Å². The van der Waals surface area contributed by atoms with Crippen molar-refractivity contribution in [3.05, 3.63) is 0 Å². The lowest BCUT2D eigenvalue weighted by Gasteiger charge is -1.97. The van der Waals surface area contributed by atoms with Crippen LogP contribution in [0.4, 0.5) is 0 Å². The van der Waals surface area contributed by atoms with Gasteiger partial charge in [-0.25, -0.2) is 0 Å². The Morgan fingerprint density at radius 2 is 2.00 bits per heavy atom. The molecule has 0 aromatic carbocycles. The minimum absolute atomic E-state index is 0.834. The second-order valence-electron chi connectivity index (χ2n) is 3.60. The van der Waals surface area contributed by atoms with Crippen molar-refractivity contribution in [2.45, 2.75) is 38.5 Å². The number of hydrogen-bond donors (Lipinski definition) is 0. The van der Waals surface area contributed by atoms with Gasteiger partial charge in [0.15, 0.2) is 0 Å². The molecular formula is C9H15NO. The Hall–Kier alpha value is -0.530. The Morgan fingerprint density at radius 3 is 2.64 bits per heavy atom. The van der Waals surface area contributed by atoms with Gasteiger partial charge in [-0.05, 0) is 44.4 Å². The fraction of sp³-hybridized carbons (Fsp3) is 0.889. The average molecular weight is 153 g/mol. The predicted octanol–water partition coefficient (Wildman–Crippen LogP) is 2.34. The minimum Gasteiger partial charge on any atom is -0.396 e. The van der Waals surface area contributed by atoms with Gasteiger partial charge in [-0.2, -0.15) is 0 Å². The predicted molar refractivity (Wildman–Crippen MR) is 44.6 cm³/mol. The molecule has 2 heteroatoms. The van der Waals surface area contributed by atoms with Gasteiger partial charge in [0.25, 0.3) is 0 Å². The first-order valence-electron chi connectivity index (χ1n) is 4.63. The molecule has 2 aliphatic carbocycles. The first kappa shape index (κ1) is 7.14. The first-order valence-corrected chi connectivity index (χ1v) is 4.63. The third-order valence-electron chi connectivity index (χ3n) is 2.38. The smallest absolute Gasteiger partial charge is 0.120 e. The van der Waals surface area contributed by atoms with Crippen molar-refractivity contribution in [1.82, 2.24) is 0 Å². The third-order valence-corrected chi connectivity index (χ3v) is 2.38. The Kier molecular flexibility index (Phi) is 2.11. The summed E-state index contributed by atoms with van der Waals surface area (Å²) in [5.74, 6) is 0.834. The fourth-order valence-corrected chi connectivity index (χ4v) is 1.39. The van der Waals surface area contributed by atoms with Gasteiger partial charge in [0, 0.05) is 0 Å². The van der Waals surface area contributed by atoms with Gasteiger partial charge in [-0.3, -0.25) is 0 Å². The van der Waals surface area contributed by atoms with Gasteiger partial charge in [0.2, 0.25) is 0 Å². The lowest BCUT2D eigenvalue weighted by Crippen LogP contribution is -1.94. The maximum atomic E-state index is 5.23. The van der Waals surface area contributed by atoms with Crippen molar-refractivity contribution in [2.75, 3.05) is 6.61 Å². The van der Waals surface area contributed by atoms with Crippen LogP contribution in [0.1, 0.15) is 38.5 Å². The van der Waals surface area contributed by atoms with E-state index in [2.05, 4.69) is 5.16 Å². The fourth-order valence-electron chi connectivity index (χ4n) is 1.39. The van der Waals surface area contributed by atoms with E-state index in [1.54, 1.807) is 0 Å². The molecule has 2 rings (SSSR count). The average Bonchev–Trinajstić information content (AvgIpc) is 2.66. The molecule has 0 atom stereocenters. The largest absolute Gasteiger partial charge is 0.396 e. The second-order valence-corrected chi connectivity index (χ2v) is 3.60. The number of oxime groups is 1. The van der Waals surface area contributed by atoms with E-state index in [9.17, 15) is 0 Å². The molecule has 0 aromatic rings. The second kappa shape index (κ2) is 3.24. The summed E-state index contributed by atoms with van der Waals surface area (Å²) in [7, 11) is 0. The highest BCUT2D eigenvalue weighted by Crippen LogP contribution is 2.29. The van der Waals surface area contributed by atoms with Crippen LogP contribution in [0.5, 0.6) is 0 Å². The Labute approximate surface area is 67.6 Å². The molecule has 0 unspecified atom stereocenters. The minimum atomic E-state index is 0.834. The highest BCUT2D eigenvalue weighted by molar-refractivity contribution is 5.85. The summed E-state index contributed by atoms with van der Waals surface area (Å²) < 4.78 is 0. The summed E-state index contributed by atoms with van der Waals surface area (Å²) in [5, 5.41) is 4.12. The number of nitrogens with zero attached hydrogens (tertiary/aromatic N) is 1. The SMILES string of the molecule is C1CCC(=NOCC2CC2)C1. The van der Waals surface area contributed by atoms with Crippen LogP contribution in [0.2, 0.25) is 0 Å². The van der Waals surface area contributed by atoms with Crippen molar-refractivity contribution in [1.29, 1.82) is 0 Å². The number of rotatable bonds is 3. The van der Waals surface area contributed by atoms with Crippen LogP contribution in [0, 0.1) is 5.92 Å². The van der Waals surface area contributed by atoms with Gasteiger partial charge in [0.1, 0.15) is 6.61 Å². The Balaban J connectivity index is 1.65. The van der Waals surface area contributed by atoms with Gasteiger partial charge < -0.3 is 4.84 Å². The maximum absolute atomic E-state index is 5.23. The van der Waals surface area contributed by atoms with E-state index < -0.39 is 0 Å². The summed E-state index contributed by atoms with van der Waals surface area (Å²) in [6.07, 6.45) is 7.67. The molecular weight excluding hydrogens is 138 g/mol. The van der Waals surface area contributed by atoms with E-state index in [0.717, 1.165) is 12.5 Å². The quantitative estimate of drug-likeness (QED) is 0.570. The lowest BCUT2D eigenvalue weighted by atomic mass is 10.3. The molecule has 2 saturated carbocycles. The highest BCUT2D eigenvalue weighted by atomic mass is 16.6. The molecule has 0 aromatic heterocycles. The van der Waals surface area contributed by atoms with Crippen LogP contribution >= 0.6 is 0 Å². The third kappa shape index (κ3) is 2.21. The highest BCUT2D eigenvalue weighted by Gasteiger charge is 2.22. The summed E-state index contributed by atoms with van der Waals surface area (Å²) in [5.41, 5.74) is 1.28. The summed E-state index contributed by atoms with van der Waals surface area (Å²) in [4.78, 5) is 5.23. The molecule has 0 amide bonds. The Bertz CT molecular complexity index is 153. The standard InChI is InChI=1S/C9H15NO/c1-2-4-9(3-1)10-11-7-8-5-6-8/h8H,1-7H2. The molecule has 0 N–H and O–H groups in total. The van der Waals surface area contributed by atoms with Crippen LogP contribution in [-0.2, 0) is 4.84 Å². The van der Waals surface area contributed by atoms with E-state index in [1.807, 2.05) is 0 Å². The molecule has 0 spiro atoms. The van der Waals surface area contributed by atoms with E-state index in [-0.39, 0.29) is 0 Å². The molecule has 11 heavy (non-hydrogen) atoms. The van der Waals surface area contributed by atoms with Crippen molar-refractivity contribution >= 4 is 5.71 Å². The number of hydrogen-bond acceptors (Lipinski definition) is 2.